The SMILES string of the molecule is O=C1CN(Cc2ccc(Cl)nc2Cl)CC(=O)N1. The van der Waals surface area contributed by atoms with Crippen molar-refractivity contribution < 1.29 is 9.59 Å². The van der Waals surface area contributed by atoms with Crippen LogP contribution in [0.15, 0.2) is 12.1 Å². The van der Waals surface area contributed by atoms with Crippen molar-refractivity contribution in [3.05, 3.63) is 28.0 Å². The van der Waals surface area contributed by atoms with Crippen LogP contribution in [0.5, 0.6) is 0 Å². The predicted octanol–water partition coefficient (Wildman–Crippen LogP) is 0.847. The Bertz CT molecular complexity index is 463. The van der Waals surface area contributed by atoms with Crippen molar-refractivity contribution in [2.75, 3.05) is 13.1 Å². The van der Waals surface area contributed by atoms with E-state index in [2.05, 4.69) is 10.3 Å². The first-order valence-electron chi connectivity index (χ1n) is 4.90. The summed E-state index contributed by atoms with van der Waals surface area (Å²) in [5, 5.41) is 2.83. The molecule has 0 aromatic carbocycles. The van der Waals surface area contributed by atoms with Crippen LogP contribution in [0.4, 0.5) is 0 Å². The van der Waals surface area contributed by atoms with Crippen LogP contribution in [-0.4, -0.2) is 34.8 Å². The zero-order valence-corrected chi connectivity index (χ0v) is 10.3. The van der Waals surface area contributed by atoms with Gasteiger partial charge in [0, 0.05) is 12.1 Å². The number of pyridine rings is 1. The molecule has 1 saturated heterocycles. The lowest BCUT2D eigenvalue weighted by molar-refractivity contribution is -0.136. The van der Waals surface area contributed by atoms with Gasteiger partial charge in [0.1, 0.15) is 10.3 Å². The topological polar surface area (TPSA) is 62.3 Å². The maximum absolute atomic E-state index is 11.2. The molecule has 0 unspecified atom stereocenters. The number of rotatable bonds is 2. The molecule has 0 bridgehead atoms. The Morgan fingerprint density at radius 1 is 1.24 bits per heavy atom. The van der Waals surface area contributed by atoms with Crippen LogP contribution >= 0.6 is 23.2 Å². The van der Waals surface area contributed by atoms with E-state index in [9.17, 15) is 9.59 Å². The fourth-order valence-corrected chi connectivity index (χ4v) is 2.01. The van der Waals surface area contributed by atoms with Crippen molar-refractivity contribution in [1.29, 1.82) is 0 Å². The average molecular weight is 274 g/mol. The molecule has 1 N–H and O–H groups in total. The molecule has 1 aliphatic heterocycles. The summed E-state index contributed by atoms with van der Waals surface area (Å²) >= 11 is 11.6. The lowest BCUT2D eigenvalue weighted by Crippen LogP contribution is -2.50. The third-order valence-corrected chi connectivity index (χ3v) is 2.84. The lowest BCUT2D eigenvalue weighted by Gasteiger charge is -2.25. The van der Waals surface area contributed by atoms with Crippen molar-refractivity contribution in [1.82, 2.24) is 15.2 Å². The first-order valence-corrected chi connectivity index (χ1v) is 5.66. The van der Waals surface area contributed by atoms with Crippen LogP contribution in [0.1, 0.15) is 5.56 Å². The number of aromatic nitrogens is 1. The number of nitrogens with zero attached hydrogens (tertiary/aromatic N) is 2. The number of imide groups is 1. The molecule has 1 aromatic rings. The Morgan fingerprint density at radius 2 is 1.88 bits per heavy atom. The van der Waals surface area contributed by atoms with Crippen LogP contribution < -0.4 is 5.32 Å². The van der Waals surface area contributed by atoms with Gasteiger partial charge in [-0.2, -0.15) is 0 Å². The van der Waals surface area contributed by atoms with Gasteiger partial charge in [0.15, 0.2) is 0 Å². The Hall–Kier alpha value is -1.17. The molecular weight excluding hydrogens is 265 g/mol. The van der Waals surface area contributed by atoms with Crippen LogP contribution in [0.25, 0.3) is 0 Å². The lowest BCUT2D eigenvalue weighted by atomic mass is 10.2. The summed E-state index contributed by atoms with van der Waals surface area (Å²) < 4.78 is 0. The van der Waals surface area contributed by atoms with Crippen LogP contribution in [0, 0.1) is 0 Å². The number of hydrogen-bond donors (Lipinski definition) is 1. The van der Waals surface area contributed by atoms with Crippen molar-refractivity contribution >= 4 is 35.0 Å². The molecule has 2 amide bonds. The van der Waals surface area contributed by atoms with Gasteiger partial charge in [-0.25, -0.2) is 4.98 Å². The number of halogens is 2. The maximum Gasteiger partial charge on any atom is 0.240 e. The van der Waals surface area contributed by atoms with E-state index >= 15 is 0 Å². The highest BCUT2D eigenvalue weighted by atomic mass is 35.5. The molecule has 0 spiro atoms. The van der Waals surface area contributed by atoms with Crippen LogP contribution in [0.2, 0.25) is 10.3 Å². The summed E-state index contributed by atoms with van der Waals surface area (Å²) in [5.41, 5.74) is 0.735. The second-order valence-corrected chi connectivity index (χ2v) is 4.45. The predicted molar refractivity (Wildman–Crippen MR) is 62.7 cm³/mol. The summed E-state index contributed by atoms with van der Waals surface area (Å²) in [6, 6.07) is 3.35. The van der Waals surface area contributed by atoms with Crippen molar-refractivity contribution in [2.45, 2.75) is 6.54 Å². The van der Waals surface area contributed by atoms with Gasteiger partial charge in [-0.1, -0.05) is 29.3 Å². The van der Waals surface area contributed by atoms with Crippen molar-refractivity contribution in [3.8, 4) is 0 Å². The monoisotopic (exact) mass is 273 g/mol. The number of carbonyl (C=O) groups is 2. The van der Waals surface area contributed by atoms with E-state index in [1.54, 1.807) is 17.0 Å². The minimum absolute atomic E-state index is 0.171. The van der Waals surface area contributed by atoms with E-state index in [0.29, 0.717) is 11.7 Å². The largest absolute Gasteiger partial charge is 0.294 e. The van der Waals surface area contributed by atoms with Crippen LogP contribution in [-0.2, 0) is 16.1 Å². The molecule has 0 aliphatic carbocycles. The minimum Gasteiger partial charge on any atom is -0.294 e. The molecule has 0 atom stereocenters. The van der Waals surface area contributed by atoms with Gasteiger partial charge in [0.05, 0.1) is 13.1 Å². The summed E-state index contributed by atoms with van der Waals surface area (Å²) in [4.78, 5) is 27.9. The molecule has 2 rings (SSSR count). The highest BCUT2D eigenvalue weighted by Crippen LogP contribution is 2.18. The summed E-state index contributed by atoms with van der Waals surface area (Å²) in [6.07, 6.45) is 0. The van der Waals surface area contributed by atoms with Gasteiger partial charge < -0.3 is 0 Å². The van der Waals surface area contributed by atoms with Gasteiger partial charge in [-0.05, 0) is 6.07 Å². The molecule has 90 valence electrons. The summed E-state index contributed by atoms with van der Waals surface area (Å²) in [6.45, 7) is 0.734. The van der Waals surface area contributed by atoms with Gasteiger partial charge in [-0.3, -0.25) is 19.8 Å². The maximum atomic E-state index is 11.2. The first-order chi connectivity index (χ1) is 8.04. The first kappa shape index (κ1) is 12.3. The highest BCUT2D eigenvalue weighted by Gasteiger charge is 2.22. The van der Waals surface area contributed by atoms with Gasteiger partial charge >= 0.3 is 0 Å². The Morgan fingerprint density at radius 3 is 2.47 bits per heavy atom. The van der Waals surface area contributed by atoms with Gasteiger partial charge in [0.25, 0.3) is 0 Å². The molecule has 1 aromatic heterocycles. The van der Waals surface area contributed by atoms with E-state index in [0.717, 1.165) is 5.56 Å². The van der Waals surface area contributed by atoms with E-state index < -0.39 is 0 Å². The molecule has 2 heterocycles. The summed E-state index contributed by atoms with van der Waals surface area (Å²) in [7, 11) is 0. The third kappa shape index (κ3) is 3.15. The third-order valence-electron chi connectivity index (χ3n) is 2.30. The average Bonchev–Trinajstić information content (AvgIpc) is 2.21. The van der Waals surface area contributed by atoms with E-state index in [1.165, 1.54) is 0 Å². The van der Waals surface area contributed by atoms with Crippen molar-refractivity contribution in [2.24, 2.45) is 0 Å². The molecule has 7 heteroatoms. The van der Waals surface area contributed by atoms with Gasteiger partial charge in [-0.15, -0.1) is 0 Å². The van der Waals surface area contributed by atoms with Crippen molar-refractivity contribution in [3.63, 3.8) is 0 Å². The quantitative estimate of drug-likeness (QED) is 0.641. The molecule has 5 nitrogen and oxygen atoms in total. The van der Waals surface area contributed by atoms with E-state index in [4.69, 9.17) is 23.2 Å². The Kier molecular flexibility index (Phi) is 3.61. The molecular formula is C10H9Cl2N3O2. The number of nitrogens with one attached hydrogen (secondary N) is 1. The molecule has 1 aliphatic rings. The Labute approximate surface area is 108 Å². The van der Waals surface area contributed by atoms with E-state index in [-0.39, 0.29) is 30.1 Å². The fraction of sp³-hybridized carbons (Fsp3) is 0.300. The second kappa shape index (κ2) is 5.00. The normalized spacial score (nSPS) is 17.1. The van der Waals surface area contributed by atoms with E-state index in [1.807, 2.05) is 0 Å². The standard InChI is InChI=1S/C10H9Cl2N3O2/c11-7-2-1-6(10(12)13-7)3-15-4-8(16)14-9(17)5-15/h1-2H,3-5H2,(H,14,16,17). The molecule has 1 fully saturated rings. The number of amides is 2. The zero-order valence-electron chi connectivity index (χ0n) is 8.74. The van der Waals surface area contributed by atoms with Crippen LogP contribution in [0.3, 0.4) is 0 Å². The Balaban J connectivity index is 2.10. The number of hydrogen-bond acceptors (Lipinski definition) is 4. The number of piperazine rings is 1. The fourth-order valence-electron chi connectivity index (χ4n) is 1.61. The number of carbonyl (C=O) groups excluding carboxylic acids is 2. The smallest absolute Gasteiger partial charge is 0.240 e. The molecule has 0 radical (unpaired) electrons. The molecule has 0 saturated carbocycles. The zero-order chi connectivity index (χ0) is 12.4. The minimum atomic E-state index is -0.306. The highest BCUT2D eigenvalue weighted by molar-refractivity contribution is 6.32. The van der Waals surface area contributed by atoms with Gasteiger partial charge in [0.2, 0.25) is 11.8 Å². The summed E-state index contributed by atoms with van der Waals surface area (Å²) in [5.74, 6) is -0.612. The molecule has 17 heavy (non-hydrogen) atoms. The second-order valence-electron chi connectivity index (χ2n) is 3.70.